The van der Waals surface area contributed by atoms with Crippen LogP contribution in [-0.4, -0.2) is 48.9 Å². The highest BCUT2D eigenvalue weighted by molar-refractivity contribution is 5.68. The van der Waals surface area contributed by atoms with Crippen molar-refractivity contribution in [3.05, 3.63) is 33.9 Å². The number of nitrogens with two attached hydrogens (primary N) is 1. The average molecular weight is 565 g/mol. The molecule has 8 nitrogen and oxygen atoms in total. The van der Waals surface area contributed by atoms with Crippen molar-refractivity contribution in [2.24, 2.45) is 5.73 Å². The van der Waals surface area contributed by atoms with E-state index >= 15 is 0 Å². The number of hydrogen-bond donors (Lipinski definition) is 1. The van der Waals surface area contributed by atoms with Crippen LogP contribution in [-0.2, 0) is 55.9 Å². The SMILES string of the molecule is CC(C)(C)OC(=O)N(CCn1nc(C(F)(F)F)c2c1CCCC2)C(N)Cn1nc(C(F)(F)F)c2c1CCCC2. The summed E-state index contributed by atoms with van der Waals surface area (Å²) < 4.78 is 89.8. The highest BCUT2D eigenvalue weighted by Gasteiger charge is 2.41. The first-order chi connectivity index (χ1) is 18.1. The van der Waals surface area contributed by atoms with E-state index in [4.69, 9.17) is 10.5 Å². The van der Waals surface area contributed by atoms with Crippen LogP contribution in [0.15, 0.2) is 0 Å². The molecule has 1 amide bonds. The van der Waals surface area contributed by atoms with E-state index in [0.29, 0.717) is 43.5 Å². The van der Waals surface area contributed by atoms with E-state index < -0.39 is 41.6 Å². The Balaban J connectivity index is 1.61. The predicted octanol–water partition coefficient (Wildman–Crippen LogP) is 5.10. The van der Waals surface area contributed by atoms with Crippen LogP contribution in [0.2, 0.25) is 0 Å². The van der Waals surface area contributed by atoms with E-state index in [0.717, 1.165) is 11.3 Å². The summed E-state index contributed by atoms with van der Waals surface area (Å²) in [5.74, 6) is 0. The zero-order valence-corrected chi connectivity index (χ0v) is 22.3. The van der Waals surface area contributed by atoms with Gasteiger partial charge in [-0.15, -0.1) is 0 Å². The zero-order chi connectivity index (χ0) is 28.8. The molecule has 2 aromatic heterocycles. The van der Waals surface area contributed by atoms with Gasteiger partial charge in [0.05, 0.1) is 13.1 Å². The molecule has 1 unspecified atom stereocenters. The number of alkyl halides is 6. The lowest BCUT2D eigenvalue weighted by Crippen LogP contribution is -2.51. The van der Waals surface area contributed by atoms with Gasteiger partial charge >= 0.3 is 18.4 Å². The van der Waals surface area contributed by atoms with Crippen molar-refractivity contribution in [1.82, 2.24) is 24.5 Å². The van der Waals surface area contributed by atoms with Gasteiger partial charge in [-0.3, -0.25) is 14.3 Å². The van der Waals surface area contributed by atoms with Gasteiger partial charge in [0.15, 0.2) is 11.4 Å². The quantitative estimate of drug-likeness (QED) is 0.390. The minimum atomic E-state index is -4.63. The van der Waals surface area contributed by atoms with Crippen LogP contribution in [0, 0.1) is 0 Å². The summed E-state index contributed by atoms with van der Waals surface area (Å²) >= 11 is 0. The summed E-state index contributed by atoms with van der Waals surface area (Å²) in [5, 5.41) is 7.65. The van der Waals surface area contributed by atoms with Gasteiger partial charge in [0, 0.05) is 29.1 Å². The summed E-state index contributed by atoms with van der Waals surface area (Å²) in [4.78, 5) is 14.2. The van der Waals surface area contributed by atoms with Crippen molar-refractivity contribution in [1.29, 1.82) is 0 Å². The molecule has 0 aliphatic heterocycles. The maximum Gasteiger partial charge on any atom is 0.435 e. The third-order valence-corrected chi connectivity index (χ3v) is 6.99. The lowest BCUT2D eigenvalue weighted by atomic mass is 9.95. The zero-order valence-electron chi connectivity index (χ0n) is 22.3. The first kappa shape index (κ1) is 29.2. The summed E-state index contributed by atoms with van der Waals surface area (Å²) in [5.41, 5.74) is 4.82. The van der Waals surface area contributed by atoms with Gasteiger partial charge in [-0.1, -0.05) is 0 Å². The number of hydrogen-bond acceptors (Lipinski definition) is 5. The lowest BCUT2D eigenvalue weighted by Gasteiger charge is -2.32. The van der Waals surface area contributed by atoms with E-state index in [2.05, 4.69) is 10.2 Å². The number of rotatable bonds is 6. The molecule has 39 heavy (non-hydrogen) atoms. The highest BCUT2D eigenvalue weighted by atomic mass is 19.4. The normalized spacial score (nSPS) is 17.0. The van der Waals surface area contributed by atoms with Crippen LogP contribution < -0.4 is 5.73 Å². The topological polar surface area (TPSA) is 91.2 Å². The second kappa shape index (κ2) is 10.7. The van der Waals surface area contributed by atoms with Gasteiger partial charge in [-0.2, -0.15) is 36.5 Å². The molecule has 14 heteroatoms. The molecule has 0 aromatic carbocycles. The van der Waals surface area contributed by atoms with Crippen molar-refractivity contribution in [2.75, 3.05) is 6.54 Å². The fraction of sp³-hybridized carbons (Fsp3) is 0.720. The molecule has 1 atom stereocenters. The Morgan fingerprint density at radius 3 is 1.82 bits per heavy atom. The van der Waals surface area contributed by atoms with Crippen LogP contribution in [0.5, 0.6) is 0 Å². The smallest absolute Gasteiger partial charge is 0.435 e. The molecule has 2 aromatic rings. The summed E-state index contributed by atoms with van der Waals surface area (Å²) in [6, 6.07) is 0. The maximum atomic E-state index is 13.7. The monoisotopic (exact) mass is 564 g/mol. The lowest BCUT2D eigenvalue weighted by molar-refractivity contribution is -0.142. The Morgan fingerprint density at radius 2 is 1.33 bits per heavy atom. The van der Waals surface area contributed by atoms with Crippen molar-refractivity contribution in [2.45, 2.75) is 109 Å². The van der Waals surface area contributed by atoms with Gasteiger partial charge in [0.2, 0.25) is 0 Å². The van der Waals surface area contributed by atoms with E-state index in [1.54, 1.807) is 20.8 Å². The minimum absolute atomic E-state index is 0.0869. The third kappa shape index (κ3) is 6.52. The molecular formula is C25H34F6N6O2. The molecule has 218 valence electrons. The Hall–Kier alpha value is -2.77. The van der Waals surface area contributed by atoms with Crippen molar-refractivity contribution in [3.63, 3.8) is 0 Å². The van der Waals surface area contributed by atoms with Crippen LogP contribution in [0.3, 0.4) is 0 Å². The molecule has 2 aliphatic carbocycles. The van der Waals surface area contributed by atoms with Crippen LogP contribution >= 0.6 is 0 Å². The number of carbonyl (C=O) groups excluding carboxylic acids is 1. The van der Waals surface area contributed by atoms with Gasteiger partial charge in [0.25, 0.3) is 0 Å². The molecule has 2 aliphatic rings. The number of fused-ring (bicyclic) bond motifs is 2. The molecule has 0 bridgehead atoms. The largest absolute Gasteiger partial charge is 0.444 e. The van der Waals surface area contributed by atoms with Gasteiger partial charge in [-0.25, -0.2) is 4.79 Å². The molecule has 2 heterocycles. The predicted molar refractivity (Wildman–Crippen MR) is 129 cm³/mol. The molecule has 2 N–H and O–H groups in total. The van der Waals surface area contributed by atoms with E-state index in [1.807, 2.05) is 0 Å². The maximum absolute atomic E-state index is 13.7. The van der Waals surface area contributed by atoms with Crippen molar-refractivity contribution < 1.29 is 35.9 Å². The molecular weight excluding hydrogens is 530 g/mol. The van der Waals surface area contributed by atoms with Crippen LogP contribution in [0.1, 0.15) is 80.4 Å². The summed E-state index contributed by atoms with van der Waals surface area (Å²) in [7, 11) is 0. The highest BCUT2D eigenvalue weighted by Crippen LogP contribution is 2.37. The van der Waals surface area contributed by atoms with E-state index in [9.17, 15) is 31.1 Å². The first-order valence-electron chi connectivity index (χ1n) is 13.1. The van der Waals surface area contributed by atoms with E-state index in [1.165, 1.54) is 9.36 Å². The summed E-state index contributed by atoms with van der Waals surface area (Å²) in [6.45, 7) is 4.46. The Labute approximate surface area is 222 Å². The number of ether oxygens (including phenoxy) is 1. The molecule has 0 spiro atoms. The first-order valence-corrected chi connectivity index (χ1v) is 13.1. The van der Waals surface area contributed by atoms with Gasteiger partial charge in [-0.05, 0) is 72.1 Å². The number of nitrogens with zero attached hydrogens (tertiary/aromatic N) is 5. The molecule has 0 radical (unpaired) electrons. The van der Waals surface area contributed by atoms with E-state index in [-0.39, 0.29) is 43.6 Å². The number of carbonyl (C=O) groups is 1. The molecule has 0 fully saturated rings. The van der Waals surface area contributed by atoms with Crippen molar-refractivity contribution in [3.8, 4) is 0 Å². The standard InChI is InChI=1S/C25H34F6N6O2/c1-23(2,3)39-22(38)35(12-13-36-17-10-6-4-8-15(17)20(33-36)24(26,27)28)19(32)14-37-18-11-7-5-9-16(18)21(34-37)25(29,30)31/h19H,4-14,32H2,1-3H3. The Kier molecular flexibility index (Phi) is 7.99. The second-order valence-corrected chi connectivity index (χ2v) is 11.1. The third-order valence-electron chi connectivity index (χ3n) is 6.99. The average Bonchev–Trinajstić information content (AvgIpc) is 3.37. The number of halogens is 6. The van der Waals surface area contributed by atoms with Gasteiger partial charge in [0.1, 0.15) is 11.8 Å². The van der Waals surface area contributed by atoms with Crippen molar-refractivity contribution >= 4 is 6.09 Å². The summed E-state index contributed by atoms with van der Waals surface area (Å²) in [6.07, 6.45) is -7.20. The fourth-order valence-electron chi connectivity index (χ4n) is 5.32. The Morgan fingerprint density at radius 1 is 0.872 bits per heavy atom. The molecule has 0 saturated carbocycles. The number of aromatic nitrogens is 4. The minimum Gasteiger partial charge on any atom is -0.444 e. The molecule has 4 rings (SSSR count). The second-order valence-electron chi connectivity index (χ2n) is 11.1. The fourth-order valence-corrected chi connectivity index (χ4v) is 5.32. The van der Waals surface area contributed by atoms with Gasteiger partial charge < -0.3 is 10.5 Å². The van der Waals surface area contributed by atoms with Crippen LogP contribution in [0.25, 0.3) is 0 Å². The number of amides is 1. The molecule has 0 saturated heterocycles. The van der Waals surface area contributed by atoms with Crippen LogP contribution in [0.4, 0.5) is 31.1 Å². The Bertz CT molecular complexity index is 1190.